The highest BCUT2D eigenvalue weighted by Crippen LogP contribution is 2.16. The summed E-state index contributed by atoms with van der Waals surface area (Å²) < 4.78 is 0. The van der Waals surface area contributed by atoms with E-state index in [-0.39, 0.29) is 5.54 Å². The van der Waals surface area contributed by atoms with Crippen molar-refractivity contribution in [2.24, 2.45) is 0 Å². The standard InChI is InChI=1S/C11H19N3/c1-8(2)9-6-10(13-7-12-9)14-11(3,4)5/h6-8H,1-5H3,(H,12,13,14). The van der Waals surface area contributed by atoms with Crippen LogP contribution in [0.3, 0.4) is 0 Å². The van der Waals surface area contributed by atoms with Crippen molar-refractivity contribution in [3.05, 3.63) is 18.1 Å². The maximum atomic E-state index is 4.22. The van der Waals surface area contributed by atoms with Crippen molar-refractivity contribution in [3.63, 3.8) is 0 Å². The molecule has 1 aromatic rings. The van der Waals surface area contributed by atoms with E-state index in [4.69, 9.17) is 0 Å². The SMILES string of the molecule is CC(C)c1cc(NC(C)(C)C)ncn1. The Bertz CT molecular complexity index is 300. The molecule has 0 bridgehead atoms. The maximum absolute atomic E-state index is 4.22. The molecule has 0 saturated heterocycles. The smallest absolute Gasteiger partial charge is 0.130 e. The van der Waals surface area contributed by atoms with E-state index in [9.17, 15) is 0 Å². The summed E-state index contributed by atoms with van der Waals surface area (Å²) in [4.78, 5) is 8.40. The second kappa shape index (κ2) is 3.95. The first kappa shape index (κ1) is 11.0. The van der Waals surface area contributed by atoms with Gasteiger partial charge < -0.3 is 5.32 Å². The van der Waals surface area contributed by atoms with E-state index in [1.807, 2.05) is 6.07 Å². The van der Waals surface area contributed by atoms with Crippen molar-refractivity contribution in [1.82, 2.24) is 9.97 Å². The molecule has 0 amide bonds. The molecule has 0 atom stereocenters. The minimum Gasteiger partial charge on any atom is -0.365 e. The molecule has 3 heteroatoms. The lowest BCUT2D eigenvalue weighted by molar-refractivity contribution is 0.629. The molecule has 0 unspecified atom stereocenters. The lowest BCUT2D eigenvalue weighted by Gasteiger charge is -2.21. The summed E-state index contributed by atoms with van der Waals surface area (Å²) in [5, 5.41) is 3.33. The minimum absolute atomic E-state index is 0.0442. The first-order valence-corrected chi connectivity index (χ1v) is 4.98. The van der Waals surface area contributed by atoms with Gasteiger partial charge in [-0.3, -0.25) is 0 Å². The van der Waals surface area contributed by atoms with Crippen LogP contribution in [0.5, 0.6) is 0 Å². The van der Waals surface area contributed by atoms with E-state index < -0.39 is 0 Å². The van der Waals surface area contributed by atoms with Crippen molar-refractivity contribution < 1.29 is 0 Å². The van der Waals surface area contributed by atoms with Crippen LogP contribution >= 0.6 is 0 Å². The topological polar surface area (TPSA) is 37.8 Å². The normalized spacial score (nSPS) is 11.9. The number of nitrogens with zero attached hydrogens (tertiary/aromatic N) is 2. The quantitative estimate of drug-likeness (QED) is 0.784. The molecule has 78 valence electrons. The largest absolute Gasteiger partial charge is 0.365 e. The third-order valence-electron chi connectivity index (χ3n) is 1.78. The molecule has 0 aliphatic rings. The van der Waals surface area contributed by atoms with Crippen molar-refractivity contribution in [1.29, 1.82) is 0 Å². The highest BCUT2D eigenvalue weighted by atomic mass is 15.1. The van der Waals surface area contributed by atoms with E-state index in [1.54, 1.807) is 6.33 Å². The summed E-state index contributed by atoms with van der Waals surface area (Å²) in [6, 6.07) is 2.01. The Hall–Kier alpha value is -1.12. The van der Waals surface area contributed by atoms with Crippen LogP contribution in [0.1, 0.15) is 46.2 Å². The maximum Gasteiger partial charge on any atom is 0.130 e. The van der Waals surface area contributed by atoms with Gasteiger partial charge in [0.1, 0.15) is 12.1 Å². The molecule has 1 heterocycles. The summed E-state index contributed by atoms with van der Waals surface area (Å²) in [6.07, 6.45) is 1.61. The molecule has 1 aromatic heterocycles. The van der Waals surface area contributed by atoms with Crippen molar-refractivity contribution >= 4 is 5.82 Å². The Labute approximate surface area is 86.0 Å². The minimum atomic E-state index is 0.0442. The predicted octanol–water partition coefficient (Wildman–Crippen LogP) is 2.81. The molecule has 0 aromatic carbocycles. The molecule has 0 fully saturated rings. The van der Waals surface area contributed by atoms with E-state index >= 15 is 0 Å². The molecule has 1 rings (SSSR count). The fraction of sp³-hybridized carbons (Fsp3) is 0.636. The first-order chi connectivity index (χ1) is 6.38. The van der Waals surface area contributed by atoms with Crippen LogP contribution in [0.4, 0.5) is 5.82 Å². The lowest BCUT2D eigenvalue weighted by atomic mass is 10.1. The van der Waals surface area contributed by atoms with E-state index in [2.05, 4.69) is 49.9 Å². The van der Waals surface area contributed by atoms with Crippen LogP contribution in [-0.2, 0) is 0 Å². The van der Waals surface area contributed by atoms with Gasteiger partial charge >= 0.3 is 0 Å². The molecule has 14 heavy (non-hydrogen) atoms. The van der Waals surface area contributed by atoms with Crippen LogP contribution in [-0.4, -0.2) is 15.5 Å². The summed E-state index contributed by atoms with van der Waals surface area (Å²) in [5.41, 5.74) is 1.12. The van der Waals surface area contributed by atoms with Crippen LogP contribution in [0.15, 0.2) is 12.4 Å². The fourth-order valence-electron chi connectivity index (χ4n) is 1.14. The Morgan fingerprint density at radius 3 is 2.36 bits per heavy atom. The number of hydrogen-bond donors (Lipinski definition) is 1. The van der Waals surface area contributed by atoms with Gasteiger partial charge in [0.2, 0.25) is 0 Å². The monoisotopic (exact) mass is 193 g/mol. The first-order valence-electron chi connectivity index (χ1n) is 4.98. The fourth-order valence-corrected chi connectivity index (χ4v) is 1.14. The molecule has 1 N–H and O–H groups in total. The molecule has 0 aliphatic heterocycles. The Morgan fingerprint density at radius 1 is 1.21 bits per heavy atom. The van der Waals surface area contributed by atoms with Gasteiger partial charge in [-0.1, -0.05) is 13.8 Å². The molecule has 0 spiro atoms. The van der Waals surface area contributed by atoms with Crippen molar-refractivity contribution in [2.75, 3.05) is 5.32 Å². The van der Waals surface area contributed by atoms with Gasteiger partial charge in [-0.15, -0.1) is 0 Å². The van der Waals surface area contributed by atoms with E-state index in [0.29, 0.717) is 5.92 Å². The zero-order valence-electron chi connectivity index (χ0n) is 9.63. The Balaban J connectivity index is 2.84. The van der Waals surface area contributed by atoms with Gasteiger partial charge in [0, 0.05) is 17.3 Å². The second-order valence-corrected chi connectivity index (χ2v) is 4.86. The molecular weight excluding hydrogens is 174 g/mol. The second-order valence-electron chi connectivity index (χ2n) is 4.86. The molecule has 0 saturated carbocycles. The van der Waals surface area contributed by atoms with Gasteiger partial charge in [-0.05, 0) is 26.7 Å². The average molecular weight is 193 g/mol. The van der Waals surface area contributed by atoms with Crippen molar-refractivity contribution in [3.8, 4) is 0 Å². The van der Waals surface area contributed by atoms with Gasteiger partial charge in [0.25, 0.3) is 0 Å². The molecular formula is C11H19N3. The van der Waals surface area contributed by atoms with Crippen LogP contribution in [0, 0.1) is 0 Å². The van der Waals surface area contributed by atoms with Gasteiger partial charge in [0.15, 0.2) is 0 Å². The summed E-state index contributed by atoms with van der Waals surface area (Å²) >= 11 is 0. The Morgan fingerprint density at radius 2 is 1.86 bits per heavy atom. The van der Waals surface area contributed by atoms with Gasteiger partial charge in [-0.25, -0.2) is 9.97 Å². The number of rotatable bonds is 2. The van der Waals surface area contributed by atoms with E-state index in [1.165, 1.54) is 0 Å². The van der Waals surface area contributed by atoms with Crippen LogP contribution < -0.4 is 5.32 Å². The van der Waals surface area contributed by atoms with E-state index in [0.717, 1.165) is 11.5 Å². The highest BCUT2D eigenvalue weighted by Gasteiger charge is 2.11. The zero-order chi connectivity index (χ0) is 10.8. The zero-order valence-corrected chi connectivity index (χ0v) is 9.63. The number of hydrogen-bond acceptors (Lipinski definition) is 3. The molecule has 3 nitrogen and oxygen atoms in total. The third-order valence-corrected chi connectivity index (χ3v) is 1.78. The average Bonchev–Trinajstić information content (AvgIpc) is 2.01. The lowest BCUT2D eigenvalue weighted by Crippen LogP contribution is -2.26. The predicted molar refractivity (Wildman–Crippen MR) is 59.5 cm³/mol. The molecule has 0 aliphatic carbocycles. The van der Waals surface area contributed by atoms with Crippen LogP contribution in [0.2, 0.25) is 0 Å². The summed E-state index contributed by atoms with van der Waals surface area (Å²) in [5.74, 6) is 1.34. The number of aromatic nitrogens is 2. The van der Waals surface area contributed by atoms with Crippen LogP contribution in [0.25, 0.3) is 0 Å². The molecule has 0 radical (unpaired) electrons. The van der Waals surface area contributed by atoms with Gasteiger partial charge in [-0.2, -0.15) is 0 Å². The third kappa shape index (κ3) is 3.32. The number of anilines is 1. The number of nitrogens with one attached hydrogen (secondary N) is 1. The Kier molecular flexibility index (Phi) is 3.09. The summed E-state index contributed by atoms with van der Waals surface area (Å²) in [6.45, 7) is 10.6. The van der Waals surface area contributed by atoms with Gasteiger partial charge in [0.05, 0.1) is 0 Å². The van der Waals surface area contributed by atoms with Crippen molar-refractivity contribution in [2.45, 2.75) is 46.1 Å². The highest BCUT2D eigenvalue weighted by molar-refractivity contribution is 5.37. The summed E-state index contributed by atoms with van der Waals surface area (Å²) in [7, 11) is 0.